The Balaban J connectivity index is 0.000000479. The van der Waals surface area contributed by atoms with E-state index >= 15 is 0 Å². The number of hydrogen-bond acceptors (Lipinski definition) is 5. The Labute approximate surface area is 191 Å². The molecule has 7 nitrogen and oxygen atoms in total. The van der Waals surface area contributed by atoms with Crippen molar-refractivity contribution in [1.82, 2.24) is 20.3 Å². The van der Waals surface area contributed by atoms with Crippen LogP contribution in [0.1, 0.15) is 56.3 Å². The van der Waals surface area contributed by atoms with E-state index in [9.17, 15) is 13.2 Å². The summed E-state index contributed by atoms with van der Waals surface area (Å²) in [6, 6.07) is 0. The van der Waals surface area contributed by atoms with Crippen LogP contribution >= 0.6 is 0 Å². The van der Waals surface area contributed by atoms with Crippen LogP contribution in [0.5, 0.6) is 0 Å². The van der Waals surface area contributed by atoms with Crippen LogP contribution in [0.2, 0.25) is 0 Å². The molecule has 1 aliphatic heterocycles. The molecule has 2 N–H and O–H groups in total. The van der Waals surface area contributed by atoms with Crippen LogP contribution in [-0.2, 0) is 17.8 Å². The number of fused-ring (bicyclic) bond motifs is 1. The summed E-state index contributed by atoms with van der Waals surface area (Å²) in [5, 5.41) is 19.0. The van der Waals surface area contributed by atoms with E-state index in [2.05, 4.69) is 53.2 Å². The number of aromatic amines is 1. The van der Waals surface area contributed by atoms with E-state index in [1.165, 1.54) is 22.4 Å². The van der Waals surface area contributed by atoms with Crippen molar-refractivity contribution in [3.63, 3.8) is 0 Å². The molecule has 10 heteroatoms. The largest absolute Gasteiger partial charge is 0.490 e. The molecular weight excluding hydrogens is 437 g/mol. The summed E-state index contributed by atoms with van der Waals surface area (Å²) in [7, 11) is 0. The molecule has 0 aliphatic carbocycles. The SMILES string of the molecule is CC(C)=CCC/C(C)=C/CN1CCc2[nH]nc(-c3c(C)noc3C)c2C1.O=C(O)C(F)(F)F. The van der Waals surface area contributed by atoms with Crippen molar-refractivity contribution in [1.29, 1.82) is 0 Å². The van der Waals surface area contributed by atoms with Crippen LogP contribution in [0.4, 0.5) is 13.2 Å². The molecule has 0 spiro atoms. The van der Waals surface area contributed by atoms with E-state index in [1.807, 2.05) is 13.8 Å². The number of carboxylic acids is 1. The van der Waals surface area contributed by atoms with Gasteiger partial charge in [0.05, 0.1) is 11.3 Å². The Morgan fingerprint density at radius 3 is 2.45 bits per heavy atom. The average Bonchev–Trinajstić information content (AvgIpc) is 3.27. The molecule has 3 heterocycles. The van der Waals surface area contributed by atoms with E-state index in [0.717, 1.165) is 61.6 Å². The van der Waals surface area contributed by atoms with Crippen LogP contribution in [0.25, 0.3) is 11.3 Å². The number of allylic oxidation sites excluding steroid dienone is 3. The maximum absolute atomic E-state index is 10.6. The third-order valence-corrected chi connectivity index (χ3v) is 5.31. The Kier molecular flexibility index (Phi) is 9.04. The van der Waals surface area contributed by atoms with E-state index in [4.69, 9.17) is 14.4 Å². The highest BCUT2D eigenvalue weighted by Gasteiger charge is 2.38. The van der Waals surface area contributed by atoms with Gasteiger partial charge < -0.3 is 9.63 Å². The fraction of sp³-hybridized carbons (Fsp3) is 0.522. The zero-order valence-electron chi connectivity index (χ0n) is 19.6. The number of nitrogens with one attached hydrogen (secondary N) is 1. The lowest BCUT2D eigenvalue weighted by Gasteiger charge is -2.26. The second-order valence-electron chi connectivity index (χ2n) is 8.39. The lowest BCUT2D eigenvalue weighted by molar-refractivity contribution is -0.192. The quantitative estimate of drug-likeness (QED) is 0.554. The highest BCUT2D eigenvalue weighted by Crippen LogP contribution is 2.32. The molecule has 0 radical (unpaired) electrons. The fourth-order valence-corrected chi connectivity index (χ4v) is 3.51. The summed E-state index contributed by atoms with van der Waals surface area (Å²) in [6.45, 7) is 13.5. The Hall–Kier alpha value is -2.88. The van der Waals surface area contributed by atoms with Crippen molar-refractivity contribution in [2.45, 2.75) is 66.6 Å². The molecular formula is C23H31F3N4O3. The lowest BCUT2D eigenvalue weighted by atomic mass is 10.00. The molecule has 182 valence electrons. The van der Waals surface area contributed by atoms with Gasteiger partial charge in [-0.1, -0.05) is 28.5 Å². The maximum atomic E-state index is 10.6. The topological polar surface area (TPSA) is 95.3 Å². The van der Waals surface area contributed by atoms with E-state index in [0.29, 0.717) is 0 Å². The second-order valence-corrected chi connectivity index (χ2v) is 8.39. The number of aliphatic carboxylic acids is 1. The van der Waals surface area contributed by atoms with Crippen molar-refractivity contribution in [3.8, 4) is 11.3 Å². The van der Waals surface area contributed by atoms with Crippen molar-refractivity contribution in [3.05, 3.63) is 46.0 Å². The number of rotatable bonds is 6. The van der Waals surface area contributed by atoms with E-state index in [1.54, 1.807) is 0 Å². The molecule has 0 saturated heterocycles. The van der Waals surface area contributed by atoms with Gasteiger partial charge in [0, 0.05) is 37.3 Å². The van der Waals surface area contributed by atoms with Gasteiger partial charge in [-0.2, -0.15) is 18.3 Å². The number of carbonyl (C=O) groups is 1. The number of aryl methyl sites for hydroxylation is 2. The molecule has 0 bridgehead atoms. The predicted octanol–water partition coefficient (Wildman–Crippen LogP) is 5.37. The molecule has 1 aliphatic rings. The first-order valence-corrected chi connectivity index (χ1v) is 10.7. The second kappa shape index (κ2) is 11.3. The predicted molar refractivity (Wildman–Crippen MR) is 119 cm³/mol. The number of alkyl halides is 3. The van der Waals surface area contributed by atoms with Crippen molar-refractivity contribution < 1.29 is 27.6 Å². The van der Waals surface area contributed by atoms with Gasteiger partial charge in [0.15, 0.2) is 0 Å². The molecule has 0 aromatic carbocycles. The van der Waals surface area contributed by atoms with E-state index in [-0.39, 0.29) is 0 Å². The highest BCUT2D eigenvalue weighted by molar-refractivity contribution is 5.73. The smallest absolute Gasteiger partial charge is 0.475 e. The monoisotopic (exact) mass is 468 g/mol. The minimum atomic E-state index is -5.08. The standard InChI is InChI=1S/C21H30N4O.C2HF3O2/c1-14(2)7-6-8-15(3)9-11-25-12-10-19-18(13-25)21(23-22-19)20-16(4)24-26-17(20)5;3-2(4,5)1(6)7/h7,9H,6,8,10-13H2,1-5H3,(H,22,23);(H,6,7)/b15-9+;. The van der Waals surface area contributed by atoms with E-state index < -0.39 is 12.1 Å². The number of aromatic nitrogens is 3. The number of H-pyrrole nitrogens is 1. The molecule has 0 atom stereocenters. The van der Waals surface area contributed by atoms with Gasteiger partial charge in [0.25, 0.3) is 0 Å². The molecule has 33 heavy (non-hydrogen) atoms. The first-order valence-electron chi connectivity index (χ1n) is 10.7. The minimum absolute atomic E-state index is 0.837. The zero-order valence-corrected chi connectivity index (χ0v) is 19.6. The van der Waals surface area contributed by atoms with Crippen molar-refractivity contribution in [2.24, 2.45) is 0 Å². The van der Waals surface area contributed by atoms with Crippen LogP contribution in [0, 0.1) is 13.8 Å². The molecule has 0 unspecified atom stereocenters. The molecule has 0 saturated carbocycles. The summed E-state index contributed by atoms with van der Waals surface area (Å²) in [5.74, 6) is -1.92. The summed E-state index contributed by atoms with van der Waals surface area (Å²) in [6.07, 6.45) is 2.88. The van der Waals surface area contributed by atoms with Crippen LogP contribution < -0.4 is 0 Å². The number of carboxylic acid groups (broad SMARTS) is 1. The van der Waals surface area contributed by atoms with Crippen molar-refractivity contribution in [2.75, 3.05) is 13.1 Å². The number of halogens is 3. The fourth-order valence-electron chi connectivity index (χ4n) is 3.51. The minimum Gasteiger partial charge on any atom is -0.475 e. The van der Waals surface area contributed by atoms with Gasteiger partial charge in [-0.25, -0.2) is 4.79 Å². The van der Waals surface area contributed by atoms with Crippen LogP contribution in [0.15, 0.2) is 27.8 Å². The van der Waals surface area contributed by atoms with Gasteiger partial charge in [-0.15, -0.1) is 0 Å². The number of hydrogen-bond donors (Lipinski definition) is 2. The maximum Gasteiger partial charge on any atom is 0.490 e. The average molecular weight is 469 g/mol. The lowest BCUT2D eigenvalue weighted by Crippen LogP contribution is -2.30. The molecule has 0 amide bonds. The third kappa shape index (κ3) is 7.59. The van der Waals surface area contributed by atoms with Crippen LogP contribution in [0.3, 0.4) is 0 Å². The van der Waals surface area contributed by atoms with Gasteiger partial charge in [0.2, 0.25) is 0 Å². The molecule has 2 aromatic rings. The van der Waals surface area contributed by atoms with Gasteiger partial charge >= 0.3 is 12.1 Å². The Bertz CT molecular complexity index is 995. The molecule has 3 rings (SSSR count). The third-order valence-electron chi connectivity index (χ3n) is 5.31. The Morgan fingerprint density at radius 1 is 1.24 bits per heavy atom. The summed E-state index contributed by atoms with van der Waals surface area (Å²) in [5.41, 5.74) is 8.35. The highest BCUT2D eigenvalue weighted by atomic mass is 19.4. The zero-order chi connectivity index (χ0) is 24.8. The number of nitrogens with zero attached hydrogens (tertiary/aromatic N) is 3. The van der Waals surface area contributed by atoms with Crippen LogP contribution in [-0.4, -0.2) is 50.6 Å². The van der Waals surface area contributed by atoms with Gasteiger partial charge in [0.1, 0.15) is 11.5 Å². The molecule has 2 aromatic heterocycles. The van der Waals surface area contributed by atoms with Crippen molar-refractivity contribution >= 4 is 5.97 Å². The summed E-state index contributed by atoms with van der Waals surface area (Å²) < 4.78 is 37.1. The first kappa shape index (κ1) is 26.4. The van der Waals surface area contributed by atoms with Gasteiger partial charge in [-0.3, -0.25) is 10.00 Å². The first-order chi connectivity index (χ1) is 15.4. The van der Waals surface area contributed by atoms with Gasteiger partial charge in [-0.05, 0) is 47.5 Å². The normalized spacial score (nSPS) is 14.4. The summed E-state index contributed by atoms with van der Waals surface area (Å²) >= 11 is 0. The summed E-state index contributed by atoms with van der Waals surface area (Å²) in [4.78, 5) is 11.4. The Morgan fingerprint density at radius 2 is 1.91 bits per heavy atom. The molecule has 0 fully saturated rings.